The first-order valence-corrected chi connectivity index (χ1v) is 10.5. The van der Waals surface area contributed by atoms with Crippen molar-refractivity contribution in [3.05, 3.63) is 59.9 Å². The van der Waals surface area contributed by atoms with E-state index in [9.17, 15) is 21.6 Å². The van der Waals surface area contributed by atoms with Crippen LogP contribution in [-0.4, -0.2) is 39.8 Å². The number of halogens is 3. The highest BCUT2D eigenvalue weighted by molar-refractivity contribution is 7.91. The third-order valence-electron chi connectivity index (χ3n) is 3.78. The molecular formula is C19H22F3N3O3S. The zero-order valence-electron chi connectivity index (χ0n) is 15.7. The average Bonchev–Trinajstić information content (AvgIpc) is 2.66. The maximum Gasteiger partial charge on any atom is 0.387 e. The minimum Gasteiger partial charge on any atom is -0.434 e. The molecular weight excluding hydrogens is 407 g/mol. The van der Waals surface area contributed by atoms with Crippen LogP contribution in [-0.2, 0) is 16.4 Å². The van der Waals surface area contributed by atoms with Crippen LogP contribution in [0.3, 0.4) is 0 Å². The number of ether oxygens (including phenoxy) is 1. The summed E-state index contributed by atoms with van der Waals surface area (Å²) in [6, 6.07) is 11.4. The normalized spacial score (nSPS) is 12.1. The largest absolute Gasteiger partial charge is 0.434 e. The van der Waals surface area contributed by atoms with E-state index in [0.717, 1.165) is 6.07 Å². The first kappa shape index (κ1) is 22.5. The Morgan fingerprint density at radius 3 is 2.48 bits per heavy atom. The summed E-state index contributed by atoms with van der Waals surface area (Å²) in [4.78, 5) is 3.90. The summed E-state index contributed by atoms with van der Waals surface area (Å²) in [5.41, 5.74) is 0.448. The van der Waals surface area contributed by atoms with E-state index in [4.69, 9.17) is 0 Å². The van der Waals surface area contributed by atoms with Gasteiger partial charge in [0.1, 0.15) is 16.5 Å². The number of nitrogens with zero attached hydrogens (tertiary/aromatic N) is 1. The lowest BCUT2D eigenvalue weighted by Crippen LogP contribution is -2.39. The fourth-order valence-electron chi connectivity index (χ4n) is 2.46. The van der Waals surface area contributed by atoms with Gasteiger partial charge >= 0.3 is 6.61 Å². The zero-order chi connectivity index (χ0) is 21.3. The molecule has 0 spiro atoms. The standard InChI is InChI=1S/C19H22F3N3O3S/c1-2-23-19(25-13-14-7-3-5-9-16(14)28-18(21)22)24-11-12-29(26,27)17-10-6-4-8-15(17)20/h3-10,18H,2,11-13H2,1H3,(H2,23,24,25). The first-order valence-electron chi connectivity index (χ1n) is 8.85. The molecule has 0 saturated carbocycles. The quantitative estimate of drug-likeness (QED) is 0.473. The maximum atomic E-state index is 13.7. The van der Waals surface area contributed by atoms with Crippen LogP contribution in [0.25, 0.3) is 0 Å². The predicted octanol–water partition coefficient (Wildman–Crippen LogP) is 2.96. The van der Waals surface area contributed by atoms with E-state index < -0.39 is 22.3 Å². The molecule has 0 radical (unpaired) electrons. The highest BCUT2D eigenvalue weighted by Crippen LogP contribution is 2.21. The summed E-state index contributed by atoms with van der Waals surface area (Å²) in [5, 5.41) is 5.78. The van der Waals surface area contributed by atoms with Gasteiger partial charge in [0.05, 0.1) is 12.3 Å². The molecule has 0 aliphatic rings. The number of benzene rings is 2. The average molecular weight is 429 g/mol. The minimum atomic E-state index is -3.81. The number of hydrogen-bond donors (Lipinski definition) is 2. The molecule has 10 heteroatoms. The molecule has 0 unspecified atom stereocenters. The monoisotopic (exact) mass is 429 g/mol. The van der Waals surface area contributed by atoms with Gasteiger partial charge in [0, 0.05) is 18.7 Å². The number of alkyl halides is 2. The van der Waals surface area contributed by atoms with Crippen molar-refractivity contribution in [2.75, 3.05) is 18.8 Å². The van der Waals surface area contributed by atoms with Crippen LogP contribution in [0.15, 0.2) is 58.4 Å². The number of rotatable bonds is 9. The van der Waals surface area contributed by atoms with Crippen LogP contribution in [0.5, 0.6) is 5.75 Å². The fourth-order valence-corrected chi connectivity index (χ4v) is 3.70. The third-order valence-corrected chi connectivity index (χ3v) is 5.52. The van der Waals surface area contributed by atoms with Gasteiger partial charge in [-0.25, -0.2) is 17.8 Å². The fraction of sp³-hybridized carbons (Fsp3) is 0.316. The lowest BCUT2D eigenvalue weighted by molar-refractivity contribution is -0.0504. The second-order valence-electron chi connectivity index (χ2n) is 5.86. The van der Waals surface area contributed by atoms with E-state index in [1.165, 1.54) is 24.3 Å². The van der Waals surface area contributed by atoms with E-state index >= 15 is 0 Å². The lowest BCUT2D eigenvalue weighted by Gasteiger charge is -2.13. The van der Waals surface area contributed by atoms with Crippen LogP contribution >= 0.6 is 0 Å². The van der Waals surface area contributed by atoms with E-state index in [0.29, 0.717) is 18.1 Å². The number of nitrogens with one attached hydrogen (secondary N) is 2. The molecule has 0 aliphatic carbocycles. The molecule has 2 aromatic rings. The van der Waals surface area contributed by atoms with Gasteiger partial charge in [0.15, 0.2) is 15.8 Å². The second-order valence-corrected chi connectivity index (χ2v) is 7.94. The predicted molar refractivity (Wildman–Crippen MR) is 104 cm³/mol. The molecule has 158 valence electrons. The van der Waals surface area contributed by atoms with Gasteiger partial charge in [0.25, 0.3) is 0 Å². The van der Waals surface area contributed by atoms with Gasteiger partial charge in [-0.15, -0.1) is 0 Å². The Morgan fingerprint density at radius 1 is 1.10 bits per heavy atom. The van der Waals surface area contributed by atoms with Gasteiger partial charge in [-0.05, 0) is 25.1 Å². The Kier molecular flexibility index (Phi) is 8.32. The number of hydrogen-bond acceptors (Lipinski definition) is 4. The van der Waals surface area contributed by atoms with Gasteiger partial charge < -0.3 is 15.4 Å². The summed E-state index contributed by atoms with van der Waals surface area (Å²) < 4.78 is 67.8. The number of sulfone groups is 1. The maximum absolute atomic E-state index is 13.7. The number of aliphatic imine (C=N–C) groups is 1. The van der Waals surface area contributed by atoms with Crippen LogP contribution in [0.4, 0.5) is 13.2 Å². The highest BCUT2D eigenvalue weighted by atomic mass is 32.2. The molecule has 6 nitrogen and oxygen atoms in total. The summed E-state index contributed by atoms with van der Waals surface area (Å²) in [7, 11) is -3.81. The van der Waals surface area contributed by atoms with Crippen LogP contribution < -0.4 is 15.4 Å². The molecule has 0 aromatic heterocycles. The van der Waals surface area contributed by atoms with E-state index in [1.54, 1.807) is 18.2 Å². The molecule has 0 amide bonds. The summed E-state index contributed by atoms with van der Waals surface area (Å²) in [6.07, 6.45) is 0. The Hall–Kier alpha value is -2.75. The third kappa shape index (κ3) is 6.97. The van der Waals surface area contributed by atoms with Crippen molar-refractivity contribution >= 4 is 15.8 Å². The summed E-state index contributed by atoms with van der Waals surface area (Å²) >= 11 is 0. The highest BCUT2D eigenvalue weighted by Gasteiger charge is 2.18. The van der Waals surface area contributed by atoms with Crippen molar-refractivity contribution in [2.24, 2.45) is 4.99 Å². The van der Waals surface area contributed by atoms with Gasteiger partial charge in [0.2, 0.25) is 0 Å². The van der Waals surface area contributed by atoms with Crippen molar-refractivity contribution in [2.45, 2.75) is 25.0 Å². The van der Waals surface area contributed by atoms with Gasteiger partial charge in [-0.2, -0.15) is 8.78 Å². The van der Waals surface area contributed by atoms with Crippen molar-refractivity contribution in [1.82, 2.24) is 10.6 Å². The van der Waals surface area contributed by atoms with Crippen molar-refractivity contribution in [1.29, 1.82) is 0 Å². The van der Waals surface area contributed by atoms with E-state index in [-0.39, 0.29) is 29.5 Å². The van der Waals surface area contributed by atoms with Crippen molar-refractivity contribution < 1.29 is 26.3 Å². The molecule has 2 N–H and O–H groups in total. The van der Waals surface area contributed by atoms with Gasteiger partial charge in [-0.1, -0.05) is 30.3 Å². The van der Waals surface area contributed by atoms with Crippen LogP contribution in [0, 0.1) is 5.82 Å². The molecule has 0 fully saturated rings. The minimum absolute atomic E-state index is 0.0162. The Labute approximate surface area is 167 Å². The number of para-hydroxylation sites is 1. The summed E-state index contributed by atoms with van der Waals surface area (Å²) in [6.45, 7) is -0.604. The van der Waals surface area contributed by atoms with Crippen LogP contribution in [0.2, 0.25) is 0 Å². The molecule has 2 rings (SSSR count). The zero-order valence-corrected chi connectivity index (χ0v) is 16.6. The molecule has 29 heavy (non-hydrogen) atoms. The molecule has 0 aliphatic heterocycles. The smallest absolute Gasteiger partial charge is 0.387 e. The van der Waals surface area contributed by atoms with Crippen molar-refractivity contribution in [3.63, 3.8) is 0 Å². The Morgan fingerprint density at radius 2 is 1.79 bits per heavy atom. The molecule has 2 aromatic carbocycles. The van der Waals surface area contributed by atoms with Crippen molar-refractivity contribution in [3.8, 4) is 5.75 Å². The molecule has 0 atom stereocenters. The first-order chi connectivity index (χ1) is 13.8. The van der Waals surface area contributed by atoms with Gasteiger partial charge in [-0.3, -0.25) is 0 Å². The second kappa shape index (κ2) is 10.7. The van der Waals surface area contributed by atoms with E-state index in [2.05, 4.69) is 20.4 Å². The lowest BCUT2D eigenvalue weighted by atomic mass is 10.2. The SMILES string of the molecule is CCNC(=NCc1ccccc1OC(F)F)NCCS(=O)(=O)c1ccccc1F. The topological polar surface area (TPSA) is 79.8 Å². The molecule has 0 bridgehead atoms. The molecule has 0 heterocycles. The summed E-state index contributed by atoms with van der Waals surface area (Å²) in [5.74, 6) is -0.834. The number of guanidine groups is 1. The Bertz CT molecular complexity index is 937. The molecule has 0 saturated heterocycles. The van der Waals surface area contributed by atoms with Crippen LogP contribution in [0.1, 0.15) is 12.5 Å². The Balaban J connectivity index is 2.03. The van der Waals surface area contributed by atoms with E-state index in [1.807, 2.05) is 6.92 Å².